The number of para-hydroxylation sites is 1. The molecule has 0 saturated heterocycles. The number of pyridine rings is 1. The molecule has 3 rings (SSSR count). The Labute approximate surface area is 111 Å². The van der Waals surface area contributed by atoms with E-state index in [0.717, 1.165) is 33.7 Å². The first-order valence-corrected chi connectivity index (χ1v) is 6.14. The van der Waals surface area contributed by atoms with E-state index in [1.54, 1.807) is 7.11 Å². The summed E-state index contributed by atoms with van der Waals surface area (Å²) in [6.45, 7) is 0.486. The van der Waals surface area contributed by atoms with Crippen LogP contribution in [0.4, 0.5) is 0 Å². The van der Waals surface area contributed by atoms with E-state index in [-0.39, 0.29) is 0 Å². The Morgan fingerprint density at radius 2 is 2.05 bits per heavy atom. The van der Waals surface area contributed by atoms with E-state index in [9.17, 15) is 0 Å². The van der Waals surface area contributed by atoms with Gasteiger partial charge in [0, 0.05) is 17.8 Å². The van der Waals surface area contributed by atoms with Crippen LogP contribution in [0, 0.1) is 0 Å². The molecular formula is C15H15N3O. The van der Waals surface area contributed by atoms with Gasteiger partial charge in [0.1, 0.15) is 5.75 Å². The van der Waals surface area contributed by atoms with Crippen molar-refractivity contribution in [3.63, 3.8) is 0 Å². The summed E-state index contributed by atoms with van der Waals surface area (Å²) in [6.07, 6.45) is 0. The van der Waals surface area contributed by atoms with Crippen LogP contribution in [0.3, 0.4) is 0 Å². The Bertz CT molecular complexity index is 718. The van der Waals surface area contributed by atoms with E-state index in [4.69, 9.17) is 10.5 Å². The number of aromatic amines is 1. The lowest BCUT2D eigenvalue weighted by Crippen LogP contribution is -1.94. The number of nitrogens with zero attached hydrogens (tertiary/aromatic N) is 1. The molecule has 0 spiro atoms. The van der Waals surface area contributed by atoms with Gasteiger partial charge in [-0.25, -0.2) is 4.98 Å². The molecule has 3 N–H and O–H groups in total. The normalized spacial score (nSPS) is 10.8. The number of H-pyrrole nitrogens is 1. The molecule has 0 aliphatic carbocycles. The summed E-state index contributed by atoms with van der Waals surface area (Å²) in [5.41, 5.74) is 10.4. The molecule has 0 bridgehead atoms. The van der Waals surface area contributed by atoms with Gasteiger partial charge in [0.15, 0.2) is 0 Å². The number of benzene rings is 1. The van der Waals surface area contributed by atoms with Gasteiger partial charge in [-0.3, -0.25) is 0 Å². The summed E-state index contributed by atoms with van der Waals surface area (Å²) >= 11 is 0. The lowest BCUT2D eigenvalue weighted by molar-refractivity contribution is 0.416. The quantitative estimate of drug-likeness (QED) is 0.754. The zero-order valence-corrected chi connectivity index (χ0v) is 10.7. The molecule has 1 aromatic carbocycles. The minimum atomic E-state index is 0.486. The maximum absolute atomic E-state index is 5.63. The van der Waals surface area contributed by atoms with Crippen LogP contribution in [-0.2, 0) is 6.54 Å². The van der Waals surface area contributed by atoms with Crippen LogP contribution >= 0.6 is 0 Å². The van der Waals surface area contributed by atoms with Crippen LogP contribution in [0.2, 0.25) is 0 Å². The second kappa shape index (κ2) is 4.74. The summed E-state index contributed by atoms with van der Waals surface area (Å²) in [5, 5.41) is 0. The van der Waals surface area contributed by atoms with Crippen molar-refractivity contribution in [2.45, 2.75) is 6.54 Å². The highest BCUT2D eigenvalue weighted by atomic mass is 16.5. The highest BCUT2D eigenvalue weighted by Gasteiger charge is 2.08. The van der Waals surface area contributed by atoms with Crippen molar-refractivity contribution >= 4 is 11.0 Å². The molecule has 0 aliphatic heterocycles. The first-order chi connectivity index (χ1) is 9.31. The maximum Gasteiger partial charge on any atom is 0.128 e. The average Bonchev–Trinajstić information content (AvgIpc) is 2.89. The first-order valence-electron chi connectivity index (χ1n) is 6.14. The largest absolute Gasteiger partial charge is 0.496 e. The number of rotatable bonds is 3. The van der Waals surface area contributed by atoms with Gasteiger partial charge in [-0.1, -0.05) is 12.1 Å². The van der Waals surface area contributed by atoms with Crippen molar-refractivity contribution in [2.24, 2.45) is 5.73 Å². The lowest BCUT2D eigenvalue weighted by Gasteiger charge is -2.07. The van der Waals surface area contributed by atoms with Crippen LogP contribution in [0.25, 0.3) is 22.3 Å². The van der Waals surface area contributed by atoms with E-state index >= 15 is 0 Å². The number of nitrogens with one attached hydrogen (secondary N) is 1. The van der Waals surface area contributed by atoms with Gasteiger partial charge in [-0.05, 0) is 30.3 Å². The maximum atomic E-state index is 5.63. The third-order valence-corrected chi connectivity index (χ3v) is 3.13. The Morgan fingerprint density at radius 1 is 1.21 bits per heavy atom. The van der Waals surface area contributed by atoms with Gasteiger partial charge < -0.3 is 15.5 Å². The smallest absolute Gasteiger partial charge is 0.128 e. The van der Waals surface area contributed by atoms with Gasteiger partial charge in [0.2, 0.25) is 0 Å². The molecule has 4 heteroatoms. The second-order valence-corrected chi connectivity index (χ2v) is 4.33. The first kappa shape index (κ1) is 11.7. The fourth-order valence-corrected chi connectivity index (χ4v) is 2.18. The predicted molar refractivity (Wildman–Crippen MR) is 76.0 cm³/mol. The zero-order valence-electron chi connectivity index (χ0n) is 10.7. The van der Waals surface area contributed by atoms with E-state index in [0.29, 0.717) is 6.54 Å². The van der Waals surface area contributed by atoms with Crippen molar-refractivity contribution in [3.05, 3.63) is 48.2 Å². The van der Waals surface area contributed by atoms with Gasteiger partial charge in [0.05, 0.1) is 23.8 Å². The number of hydrogen-bond donors (Lipinski definition) is 2. The molecule has 0 aliphatic rings. The van der Waals surface area contributed by atoms with Crippen molar-refractivity contribution in [3.8, 4) is 17.0 Å². The van der Waals surface area contributed by atoms with Crippen molar-refractivity contribution < 1.29 is 4.74 Å². The summed E-state index contributed by atoms with van der Waals surface area (Å²) in [4.78, 5) is 7.89. The molecule has 19 heavy (non-hydrogen) atoms. The predicted octanol–water partition coefficient (Wildman–Crippen LogP) is 2.70. The fourth-order valence-electron chi connectivity index (χ4n) is 2.18. The minimum Gasteiger partial charge on any atom is -0.496 e. The Morgan fingerprint density at radius 3 is 2.84 bits per heavy atom. The van der Waals surface area contributed by atoms with Crippen LogP contribution in [-0.4, -0.2) is 17.1 Å². The highest BCUT2D eigenvalue weighted by molar-refractivity contribution is 5.80. The van der Waals surface area contributed by atoms with Gasteiger partial charge >= 0.3 is 0 Å². The summed E-state index contributed by atoms with van der Waals surface area (Å²) < 4.78 is 5.37. The minimum absolute atomic E-state index is 0.486. The van der Waals surface area contributed by atoms with E-state index < -0.39 is 0 Å². The molecule has 0 radical (unpaired) electrons. The lowest BCUT2D eigenvalue weighted by atomic mass is 10.1. The van der Waals surface area contributed by atoms with Gasteiger partial charge in [-0.2, -0.15) is 0 Å². The molecular weight excluding hydrogens is 238 g/mol. The Kier molecular flexibility index (Phi) is 2.93. The standard InChI is InChI=1S/C15H15N3O/c1-19-15-5-3-2-4-11(15)12-6-7-13-14(18-12)8-10(9-16)17-13/h2-8,17H,9,16H2,1H3. The summed E-state index contributed by atoms with van der Waals surface area (Å²) in [6, 6.07) is 13.8. The molecule has 2 aromatic heterocycles. The Hall–Kier alpha value is -2.33. The molecule has 3 aromatic rings. The SMILES string of the molecule is COc1ccccc1-c1ccc2[nH]c(CN)cc2n1. The van der Waals surface area contributed by atoms with Gasteiger partial charge in [0.25, 0.3) is 0 Å². The molecule has 0 unspecified atom stereocenters. The average molecular weight is 253 g/mol. The zero-order chi connectivity index (χ0) is 13.2. The topological polar surface area (TPSA) is 63.9 Å². The third-order valence-electron chi connectivity index (χ3n) is 3.13. The Balaban J connectivity index is 2.14. The van der Waals surface area contributed by atoms with Crippen molar-refractivity contribution in [1.29, 1.82) is 0 Å². The van der Waals surface area contributed by atoms with Crippen molar-refractivity contribution in [2.75, 3.05) is 7.11 Å². The molecule has 0 saturated carbocycles. The van der Waals surface area contributed by atoms with Crippen LogP contribution < -0.4 is 10.5 Å². The van der Waals surface area contributed by atoms with E-state index in [1.807, 2.05) is 42.5 Å². The number of aromatic nitrogens is 2. The second-order valence-electron chi connectivity index (χ2n) is 4.33. The molecule has 0 atom stereocenters. The monoisotopic (exact) mass is 253 g/mol. The number of hydrogen-bond acceptors (Lipinski definition) is 3. The third kappa shape index (κ3) is 2.06. The van der Waals surface area contributed by atoms with E-state index in [1.165, 1.54) is 0 Å². The van der Waals surface area contributed by atoms with E-state index in [2.05, 4.69) is 9.97 Å². The molecule has 2 heterocycles. The van der Waals surface area contributed by atoms with Crippen LogP contribution in [0.5, 0.6) is 5.75 Å². The van der Waals surface area contributed by atoms with Crippen molar-refractivity contribution in [1.82, 2.24) is 9.97 Å². The van der Waals surface area contributed by atoms with Gasteiger partial charge in [-0.15, -0.1) is 0 Å². The molecule has 96 valence electrons. The van der Waals surface area contributed by atoms with Crippen LogP contribution in [0.15, 0.2) is 42.5 Å². The molecule has 4 nitrogen and oxygen atoms in total. The fraction of sp³-hybridized carbons (Fsp3) is 0.133. The summed E-state index contributed by atoms with van der Waals surface area (Å²) in [7, 11) is 1.67. The number of nitrogens with two attached hydrogens (primary N) is 1. The molecule has 0 amide bonds. The summed E-state index contributed by atoms with van der Waals surface area (Å²) in [5.74, 6) is 0.823. The van der Waals surface area contributed by atoms with Crippen LogP contribution in [0.1, 0.15) is 5.69 Å². The number of fused-ring (bicyclic) bond motifs is 1. The molecule has 0 fully saturated rings. The highest BCUT2D eigenvalue weighted by Crippen LogP contribution is 2.29. The number of ether oxygens (including phenoxy) is 1. The number of methoxy groups -OCH3 is 1.